The number of carbonyl (C=O) groups excluding carboxylic acids is 2. The van der Waals surface area contributed by atoms with Crippen LogP contribution in [-0.4, -0.2) is 11.8 Å². The molecule has 2 aromatic carbocycles. The van der Waals surface area contributed by atoms with Crippen molar-refractivity contribution in [3.63, 3.8) is 0 Å². The van der Waals surface area contributed by atoms with E-state index >= 15 is 0 Å². The zero-order valence-electron chi connectivity index (χ0n) is 14.8. The van der Waals surface area contributed by atoms with Crippen molar-refractivity contribution in [2.75, 3.05) is 0 Å². The fourth-order valence-electron chi connectivity index (χ4n) is 2.75. The molecular formula is C22H16O5. The first-order valence-corrected chi connectivity index (χ1v) is 8.43. The minimum absolute atomic E-state index is 0.168. The molecule has 1 aliphatic rings. The lowest BCUT2D eigenvalue weighted by molar-refractivity contribution is 0.0734. The second-order valence-corrected chi connectivity index (χ2v) is 6.30. The molecule has 5 nitrogen and oxygen atoms in total. The first-order chi connectivity index (χ1) is 13.0. The van der Waals surface area contributed by atoms with Crippen molar-refractivity contribution in [3.8, 4) is 11.5 Å². The van der Waals surface area contributed by atoms with Crippen LogP contribution in [0.4, 0.5) is 0 Å². The van der Waals surface area contributed by atoms with Gasteiger partial charge in [-0.3, -0.25) is 4.79 Å². The Morgan fingerprint density at radius 2 is 1.78 bits per heavy atom. The number of benzene rings is 2. The first-order valence-electron chi connectivity index (χ1n) is 8.43. The van der Waals surface area contributed by atoms with E-state index in [1.807, 2.05) is 32.0 Å². The Bertz CT molecular complexity index is 1070. The van der Waals surface area contributed by atoms with Crippen molar-refractivity contribution in [2.24, 2.45) is 0 Å². The zero-order chi connectivity index (χ0) is 19.0. The van der Waals surface area contributed by atoms with Crippen molar-refractivity contribution in [2.45, 2.75) is 13.8 Å². The third-order valence-electron chi connectivity index (χ3n) is 4.17. The van der Waals surface area contributed by atoms with Gasteiger partial charge in [0.2, 0.25) is 5.78 Å². The van der Waals surface area contributed by atoms with E-state index in [4.69, 9.17) is 13.9 Å². The summed E-state index contributed by atoms with van der Waals surface area (Å²) in [5.41, 5.74) is 1.92. The van der Waals surface area contributed by atoms with E-state index in [1.54, 1.807) is 36.4 Å². The predicted octanol–water partition coefficient (Wildman–Crippen LogP) is 4.73. The maximum absolute atomic E-state index is 12.5. The van der Waals surface area contributed by atoms with Gasteiger partial charge in [0.25, 0.3) is 0 Å². The minimum atomic E-state index is -0.471. The Labute approximate surface area is 155 Å². The molecule has 0 amide bonds. The van der Waals surface area contributed by atoms with Gasteiger partial charge in [-0.1, -0.05) is 17.7 Å². The molecule has 0 aliphatic carbocycles. The average Bonchev–Trinajstić information content (AvgIpc) is 3.19. The lowest BCUT2D eigenvalue weighted by atomic mass is 10.1. The van der Waals surface area contributed by atoms with Crippen LogP contribution in [0.2, 0.25) is 0 Å². The van der Waals surface area contributed by atoms with Gasteiger partial charge in [0.15, 0.2) is 5.76 Å². The van der Waals surface area contributed by atoms with E-state index in [2.05, 4.69) is 0 Å². The summed E-state index contributed by atoms with van der Waals surface area (Å²) in [6.45, 7) is 3.77. The number of ketones is 1. The third-order valence-corrected chi connectivity index (χ3v) is 4.17. The number of rotatable bonds is 3. The Kier molecular flexibility index (Phi) is 4.12. The van der Waals surface area contributed by atoms with Crippen molar-refractivity contribution >= 4 is 17.8 Å². The van der Waals surface area contributed by atoms with Gasteiger partial charge in [0.05, 0.1) is 11.1 Å². The summed E-state index contributed by atoms with van der Waals surface area (Å²) in [7, 11) is 0. The van der Waals surface area contributed by atoms with E-state index in [9.17, 15) is 9.59 Å². The van der Waals surface area contributed by atoms with Crippen LogP contribution in [0.15, 0.2) is 64.8 Å². The van der Waals surface area contributed by atoms with Gasteiger partial charge in [0.1, 0.15) is 23.0 Å². The molecule has 3 aromatic rings. The minimum Gasteiger partial charge on any atom is -0.462 e. The quantitative estimate of drug-likeness (QED) is 0.384. The van der Waals surface area contributed by atoms with Gasteiger partial charge in [-0.2, -0.15) is 0 Å². The highest BCUT2D eigenvalue weighted by atomic mass is 16.5. The summed E-state index contributed by atoms with van der Waals surface area (Å²) in [4.78, 5) is 24.7. The summed E-state index contributed by atoms with van der Waals surface area (Å²) in [5, 5.41) is 0. The van der Waals surface area contributed by atoms with Gasteiger partial charge in [-0.25, -0.2) is 4.79 Å². The monoisotopic (exact) mass is 360 g/mol. The molecule has 0 fully saturated rings. The molecule has 0 unspecified atom stereocenters. The van der Waals surface area contributed by atoms with Gasteiger partial charge in [-0.15, -0.1) is 0 Å². The van der Waals surface area contributed by atoms with E-state index < -0.39 is 5.97 Å². The van der Waals surface area contributed by atoms with Crippen LogP contribution >= 0.6 is 0 Å². The number of furan rings is 1. The number of hydrogen-bond acceptors (Lipinski definition) is 5. The number of Topliss-reactive ketones (excluding diaryl/α,β-unsaturated/α-hetero) is 1. The van der Waals surface area contributed by atoms with E-state index in [1.165, 1.54) is 6.07 Å². The Hall–Kier alpha value is -3.60. The number of esters is 1. The van der Waals surface area contributed by atoms with Gasteiger partial charge >= 0.3 is 5.97 Å². The number of ether oxygens (including phenoxy) is 2. The van der Waals surface area contributed by atoms with Crippen LogP contribution in [0, 0.1) is 13.8 Å². The SMILES string of the molecule is Cc1ccc(C(=O)Oc2ccc3c(c2)OC(=Cc2ccc(C)o2)C3=O)cc1. The second-order valence-electron chi connectivity index (χ2n) is 6.30. The number of carbonyl (C=O) groups is 2. The summed E-state index contributed by atoms with van der Waals surface area (Å²) < 4.78 is 16.5. The highest BCUT2D eigenvalue weighted by Gasteiger charge is 2.28. The topological polar surface area (TPSA) is 65.7 Å². The molecule has 0 saturated carbocycles. The molecule has 0 N–H and O–H groups in total. The van der Waals surface area contributed by atoms with Crippen molar-refractivity contribution in [1.82, 2.24) is 0 Å². The summed E-state index contributed by atoms with van der Waals surface area (Å²) in [5.74, 6) is 1.40. The van der Waals surface area contributed by atoms with E-state index in [-0.39, 0.29) is 11.5 Å². The molecule has 2 heterocycles. The lowest BCUT2D eigenvalue weighted by Gasteiger charge is -2.06. The largest absolute Gasteiger partial charge is 0.462 e. The van der Waals surface area contributed by atoms with Crippen molar-refractivity contribution < 1.29 is 23.5 Å². The first kappa shape index (κ1) is 16.8. The van der Waals surface area contributed by atoms with Gasteiger partial charge in [-0.05, 0) is 50.2 Å². The van der Waals surface area contributed by atoms with Crippen LogP contribution in [0.1, 0.15) is 37.8 Å². The van der Waals surface area contributed by atoms with Gasteiger partial charge in [0, 0.05) is 12.1 Å². The summed E-state index contributed by atoms with van der Waals surface area (Å²) in [6.07, 6.45) is 1.55. The van der Waals surface area contributed by atoms with Crippen molar-refractivity contribution in [3.05, 3.63) is 88.6 Å². The van der Waals surface area contributed by atoms with E-state index in [0.717, 1.165) is 11.3 Å². The van der Waals surface area contributed by atoms with Gasteiger partial charge < -0.3 is 13.9 Å². The van der Waals surface area contributed by atoms with Crippen molar-refractivity contribution in [1.29, 1.82) is 0 Å². The Morgan fingerprint density at radius 1 is 1.00 bits per heavy atom. The van der Waals surface area contributed by atoms with Crippen LogP contribution in [0.3, 0.4) is 0 Å². The Morgan fingerprint density at radius 3 is 2.48 bits per heavy atom. The molecule has 0 saturated heterocycles. The predicted molar refractivity (Wildman–Crippen MR) is 99.0 cm³/mol. The molecule has 134 valence electrons. The number of hydrogen-bond donors (Lipinski definition) is 0. The molecule has 0 radical (unpaired) electrons. The molecule has 0 bridgehead atoms. The van der Waals surface area contributed by atoms with Crippen LogP contribution in [0.5, 0.6) is 11.5 Å². The number of aryl methyl sites for hydroxylation is 2. The maximum Gasteiger partial charge on any atom is 0.343 e. The molecule has 0 spiro atoms. The summed E-state index contributed by atoms with van der Waals surface area (Å²) in [6, 6.07) is 15.4. The molecule has 4 rings (SSSR count). The molecule has 0 atom stereocenters. The number of allylic oxidation sites excluding steroid dienone is 1. The molecular weight excluding hydrogens is 344 g/mol. The smallest absolute Gasteiger partial charge is 0.343 e. The van der Waals surface area contributed by atoms with Crippen LogP contribution in [-0.2, 0) is 0 Å². The summed E-state index contributed by atoms with van der Waals surface area (Å²) >= 11 is 0. The lowest BCUT2D eigenvalue weighted by Crippen LogP contribution is -2.08. The second kappa shape index (κ2) is 6.61. The molecule has 5 heteroatoms. The highest BCUT2D eigenvalue weighted by Crippen LogP contribution is 2.35. The fraction of sp³-hybridized carbons (Fsp3) is 0.0909. The van der Waals surface area contributed by atoms with Crippen LogP contribution < -0.4 is 9.47 Å². The number of fused-ring (bicyclic) bond motifs is 1. The molecule has 1 aliphatic heterocycles. The zero-order valence-corrected chi connectivity index (χ0v) is 14.8. The molecule has 1 aromatic heterocycles. The maximum atomic E-state index is 12.5. The third kappa shape index (κ3) is 3.40. The molecule has 27 heavy (non-hydrogen) atoms. The Balaban J connectivity index is 1.54. The fourth-order valence-corrected chi connectivity index (χ4v) is 2.75. The normalized spacial score (nSPS) is 14.1. The van der Waals surface area contributed by atoms with E-state index in [0.29, 0.717) is 28.4 Å². The average molecular weight is 360 g/mol. The highest BCUT2D eigenvalue weighted by molar-refractivity contribution is 6.14. The van der Waals surface area contributed by atoms with Crippen LogP contribution in [0.25, 0.3) is 6.08 Å². The standard InChI is InChI=1S/C22H16O5/c1-13-3-6-15(7-4-13)22(24)26-17-9-10-18-19(11-17)27-20(21(18)23)12-16-8-5-14(2)25-16/h3-12H,1-2H3.